The molecule has 25 heavy (non-hydrogen) atoms. The first-order valence-corrected chi connectivity index (χ1v) is 8.31. The Morgan fingerprint density at radius 1 is 1.08 bits per heavy atom. The van der Waals surface area contributed by atoms with Crippen LogP contribution in [-0.4, -0.2) is 10.9 Å². The van der Waals surface area contributed by atoms with Gasteiger partial charge in [0.2, 0.25) is 0 Å². The van der Waals surface area contributed by atoms with E-state index in [1.807, 2.05) is 48.5 Å². The van der Waals surface area contributed by atoms with Crippen molar-refractivity contribution >= 4 is 5.91 Å². The Morgan fingerprint density at radius 2 is 1.84 bits per heavy atom. The van der Waals surface area contributed by atoms with E-state index < -0.39 is 0 Å². The Bertz CT molecular complexity index is 827. The lowest BCUT2D eigenvalue weighted by Crippen LogP contribution is -2.23. The second-order valence-corrected chi connectivity index (χ2v) is 7.04. The van der Waals surface area contributed by atoms with Crippen molar-refractivity contribution in [3.63, 3.8) is 0 Å². The van der Waals surface area contributed by atoms with Crippen molar-refractivity contribution in [2.24, 2.45) is 0 Å². The number of amides is 1. The van der Waals surface area contributed by atoms with Crippen LogP contribution in [0.2, 0.25) is 0 Å². The van der Waals surface area contributed by atoms with Crippen LogP contribution < -0.4 is 5.32 Å². The van der Waals surface area contributed by atoms with Gasteiger partial charge in [-0.05, 0) is 46.9 Å². The minimum absolute atomic E-state index is 0.0798. The minimum Gasteiger partial charge on any atom is -0.463 e. The summed E-state index contributed by atoms with van der Waals surface area (Å²) in [6, 6.07) is 15.3. The predicted octanol–water partition coefficient (Wildman–Crippen LogP) is 4.57. The Labute approximate surface area is 147 Å². The summed E-state index contributed by atoms with van der Waals surface area (Å²) in [5, 5.41) is 2.93. The van der Waals surface area contributed by atoms with Crippen LogP contribution in [0.5, 0.6) is 0 Å². The van der Waals surface area contributed by atoms with Gasteiger partial charge in [-0.3, -0.25) is 9.78 Å². The molecule has 0 aliphatic heterocycles. The van der Waals surface area contributed by atoms with E-state index in [9.17, 15) is 4.79 Å². The van der Waals surface area contributed by atoms with Crippen LogP contribution in [-0.2, 0) is 12.0 Å². The van der Waals surface area contributed by atoms with Crippen LogP contribution in [0.15, 0.2) is 65.4 Å². The lowest BCUT2D eigenvalue weighted by molar-refractivity contribution is 0.0951. The highest BCUT2D eigenvalue weighted by Gasteiger charge is 2.14. The number of nitrogens with one attached hydrogen (secondary N) is 1. The molecule has 2 heterocycles. The molecule has 1 N–H and O–H groups in total. The Kier molecular flexibility index (Phi) is 4.70. The summed E-state index contributed by atoms with van der Waals surface area (Å²) in [5.41, 5.74) is 3.67. The van der Waals surface area contributed by atoms with E-state index in [0.717, 1.165) is 17.0 Å². The average molecular weight is 334 g/mol. The molecule has 0 fully saturated rings. The number of carbonyl (C=O) groups excluding carboxylic acids is 1. The molecule has 4 heteroatoms. The molecule has 2 aromatic heterocycles. The van der Waals surface area contributed by atoms with Crippen LogP contribution in [0.1, 0.15) is 42.3 Å². The average Bonchev–Trinajstić information content (AvgIpc) is 3.14. The van der Waals surface area contributed by atoms with Gasteiger partial charge in [0.25, 0.3) is 5.91 Å². The normalized spacial score (nSPS) is 11.3. The second kappa shape index (κ2) is 6.93. The van der Waals surface area contributed by atoms with Crippen LogP contribution in [0.3, 0.4) is 0 Å². The molecule has 128 valence electrons. The maximum absolute atomic E-state index is 12.3. The van der Waals surface area contributed by atoms with Gasteiger partial charge in [0.15, 0.2) is 5.76 Å². The Morgan fingerprint density at radius 3 is 2.40 bits per heavy atom. The van der Waals surface area contributed by atoms with Crippen molar-refractivity contribution in [3.8, 4) is 11.5 Å². The zero-order valence-electron chi connectivity index (χ0n) is 14.7. The molecule has 0 saturated heterocycles. The number of aromatic nitrogens is 1. The summed E-state index contributed by atoms with van der Waals surface area (Å²) in [4.78, 5) is 16.7. The zero-order chi connectivity index (χ0) is 17.9. The van der Waals surface area contributed by atoms with Gasteiger partial charge in [-0.1, -0.05) is 39.0 Å². The molecule has 0 atom stereocenters. The Balaban J connectivity index is 1.60. The predicted molar refractivity (Wildman–Crippen MR) is 98.3 cm³/mol. The van der Waals surface area contributed by atoms with E-state index in [4.69, 9.17) is 4.42 Å². The summed E-state index contributed by atoms with van der Waals surface area (Å²) in [5.74, 6) is 0.644. The molecule has 0 unspecified atom stereocenters. The minimum atomic E-state index is -0.0874. The molecule has 0 saturated carbocycles. The fourth-order valence-corrected chi connectivity index (χ4v) is 2.51. The van der Waals surface area contributed by atoms with Gasteiger partial charge >= 0.3 is 0 Å². The molecule has 0 bridgehead atoms. The summed E-state index contributed by atoms with van der Waals surface area (Å²) >= 11 is 0. The summed E-state index contributed by atoms with van der Waals surface area (Å²) in [7, 11) is 0. The first-order valence-electron chi connectivity index (χ1n) is 8.31. The quantitative estimate of drug-likeness (QED) is 0.760. The number of rotatable bonds is 4. The number of benzene rings is 1. The number of carbonyl (C=O) groups is 1. The van der Waals surface area contributed by atoms with E-state index in [0.29, 0.717) is 12.1 Å². The van der Waals surface area contributed by atoms with Gasteiger partial charge in [0.05, 0.1) is 6.26 Å². The van der Waals surface area contributed by atoms with E-state index >= 15 is 0 Å². The van der Waals surface area contributed by atoms with Crippen molar-refractivity contribution in [2.75, 3.05) is 0 Å². The van der Waals surface area contributed by atoms with Gasteiger partial charge in [-0.25, -0.2) is 0 Å². The Hall–Kier alpha value is -2.88. The van der Waals surface area contributed by atoms with Crippen LogP contribution in [0, 0.1) is 0 Å². The summed E-state index contributed by atoms with van der Waals surface area (Å²) in [6.07, 6.45) is 3.37. The molecule has 1 aromatic carbocycles. The van der Waals surface area contributed by atoms with Gasteiger partial charge in [-0.15, -0.1) is 0 Å². The van der Waals surface area contributed by atoms with Crippen LogP contribution in [0.25, 0.3) is 11.5 Å². The van der Waals surface area contributed by atoms with Gasteiger partial charge in [-0.2, -0.15) is 0 Å². The highest BCUT2D eigenvalue weighted by atomic mass is 16.3. The zero-order valence-corrected chi connectivity index (χ0v) is 14.7. The first-order chi connectivity index (χ1) is 11.9. The summed E-state index contributed by atoms with van der Waals surface area (Å²) in [6.45, 7) is 6.90. The number of nitrogens with zero attached hydrogens (tertiary/aromatic N) is 1. The monoisotopic (exact) mass is 334 g/mol. The molecular formula is C21H22N2O2. The van der Waals surface area contributed by atoms with Crippen molar-refractivity contribution in [1.82, 2.24) is 10.3 Å². The maximum atomic E-state index is 12.3. The third kappa shape index (κ3) is 4.15. The lowest BCUT2D eigenvalue weighted by Gasteiger charge is -2.19. The van der Waals surface area contributed by atoms with Gasteiger partial charge < -0.3 is 9.73 Å². The summed E-state index contributed by atoms with van der Waals surface area (Å²) < 4.78 is 5.32. The van der Waals surface area contributed by atoms with E-state index in [-0.39, 0.29) is 11.3 Å². The van der Waals surface area contributed by atoms with E-state index in [1.165, 1.54) is 5.56 Å². The van der Waals surface area contributed by atoms with Crippen molar-refractivity contribution in [3.05, 3.63) is 77.7 Å². The fourth-order valence-electron chi connectivity index (χ4n) is 2.51. The van der Waals surface area contributed by atoms with E-state index in [2.05, 4.69) is 31.1 Å². The van der Waals surface area contributed by atoms with Crippen LogP contribution >= 0.6 is 0 Å². The molecular weight excluding hydrogens is 312 g/mol. The van der Waals surface area contributed by atoms with Crippen molar-refractivity contribution in [1.29, 1.82) is 0 Å². The topological polar surface area (TPSA) is 55.1 Å². The largest absolute Gasteiger partial charge is 0.463 e. The third-order valence-electron chi connectivity index (χ3n) is 4.06. The number of furan rings is 1. The lowest BCUT2D eigenvalue weighted by atomic mass is 9.87. The van der Waals surface area contributed by atoms with Gasteiger partial charge in [0.1, 0.15) is 5.69 Å². The number of pyridine rings is 1. The molecule has 0 aliphatic carbocycles. The highest BCUT2D eigenvalue weighted by molar-refractivity contribution is 5.94. The fraction of sp³-hybridized carbons (Fsp3) is 0.238. The third-order valence-corrected chi connectivity index (χ3v) is 4.06. The molecule has 4 nitrogen and oxygen atoms in total. The van der Waals surface area contributed by atoms with Gasteiger partial charge in [0, 0.05) is 18.3 Å². The molecule has 0 radical (unpaired) electrons. The highest BCUT2D eigenvalue weighted by Crippen LogP contribution is 2.22. The smallest absolute Gasteiger partial charge is 0.251 e. The number of hydrogen-bond acceptors (Lipinski definition) is 3. The van der Waals surface area contributed by atoms with Crippen molar-refractivity contribution in [2.45, 2.75) is 32.7 Å². The molecule has 1 amide bonds. The first kappa shape index (κ1) is 17.0. The van der Waals surface area contributed by atoms with E-state index in [1.54, 1.807) is 12.5 Å². The maximum Gasteiger partial charge on any atom is 0.251 e. The molecule has 0 aliphatic rings. The molecule has 3 aromatic rings. The van der Waals surface area contributed by atoms with Crippen molar-refractivity contribution < 1.29 is 9.21 Å². The second-order valence-electron chi connectivity index (χ2n) is 7.04. The SMILES string of the molecule is CC(C)(C)c1ccc(C(=O)NCc2ccc(-c3ccco3)nc2)cc1. The number of hydrogen-bond donors (Lipinski definition) is 1. The molecule has 3 rings (SSSR count). The molecule has 0 spiro atoms. The van der Waals surface area contributed by atoms with Crippen LogP contribution in [0.4, 0.5) is 0 Å². The standard InChI is InChI=1S/C21H22N2O2/c1-21(2,3)17-9-7-16(8-10-17)20(24)23-14-15-6-11-18(22-13-15)19-5-4-12-25-19/h4-13H,14H2,1-3H3,(H,23,24).